The third-order valence-electron chi connectivity index (χ3n) is 4.30. The van der Waals surface area contributed by atoms with Crippen molar-refractivity contribution in [2.45, 2.75) is 23.5 Å². The van der Waals surface area contributed by atoms with E-state index in [1.165, 1.54) is 18.4 Å². The van der Waals surface area contributed by atoms with Crippen molar-refractivity contribution < 1.29 is 13.2 Å². The van der Waals surface area contributed by atoms with E-state index >= 15 is 0 Å². The smallest absolute Gasteiger partial charge is 0.309 e. The first-order chi connectivity index (χ1) is 13.8. The van der Waals surface area contributed by atoms with E-state index in [9.17, 15) is 18.0 Å². The van der Waals surface area contributed by atoms with Crippen LogP contribution < -0.4 is 5.56 Å². The van der Waals surface area contributed by atoms with Crippen molar-refractivity contribution in [2.75, 3.05) is 0 Å². The zero-order valence-electron chi connectivity index (χ0n) is 15.2. The van der Waals surface area contributed by atoms with Gasteiger partial charge in [0.1, 0.15) is 10.7 Å². The standard InChI is InChI=1S/C18H14F3N5OS2/c1-9(29-17-25-24-16(26(17)2)18(19,20)21)13-22-14(27)12-11(8-28-15(12)23-13)10-6-4-3-5-7-10/h3-9H,1-2H3,(H,22,23,27)/t9-/m0/s1. The molecule has 0 aliphatic heterocycles. The Kier molecular flexibility index (Phi) is 4.95. The molecule has 0 fully saturated rings. The first-order valence-electron chi connectivity index (χ1n) is 8.45. The van der Waals surface area contributed by atoms with Crippen LogP contribution in [-0.2, 0) is 13.2 Å². The number of aromatic nitrogens is 5. The fourth-order valence-corrected chi connectivity index (χ4v) is 4.69. The van der Waals surface area contributed by atoms with Crippen molar-refractivity contribution in [3.8, 4) is 11.1 Å². The van der Waals surface area contributed by atoms with E-state index < -0.39 is 17.3 Å². The lowest BCUT2D eigenvalue weighted by Crippen LogP contribution is -2.14. The molecule has 4 rings (SSSR count). The second-order valence-electron chi connectivity index (χ2n) is 6.27. The van der Waals surface area contributed by atoms with E-state index in [0.29, 0.717) is 16.0 Å². The van der Waals surface area contributed by atoms with Crippen LogP contribution in [0.3, 0.4) is 0 Å². The van der Waals surface area contributed by atoms with Crippen molar-refractivity contribution >= 4 is 33.3 Å². The number of benzene rings is 1. The van der Waals surface area contributed by atoms with Gasteiger partial charge < -0.3 is 9.55 Å². The molecule has 0 unspecified atom stereocenters. The topological polar surface area (TPSA) is 76.5 Å². The third kappa shape index (κ3) is 3.67. The van der Waals surface area contributed by atoms with Gasteiger partial charge in [-0.05, 0) is 12.5 Å². The van der Waals surface area contributed by atoms with Crippen molar-refractivity contribution in [2.24, 2.45) is 7.05 Å². The van der Waals surface area contributed by atoms with Crippen molar-refractivity contribution in [3.05, 3.63) is 57.7 Å². The molecular formula is C18H14F3N5OS2. The molecule has 0 saturated carbocycles. The molecule has 0 radical (unpaired) electrons. The summed E-state index contributed by atoms with van der Waals surface area (Å²) < 4.78 is 39.6. The summed E-state index contributed by atoms with van der Waals surface area (Å²) in [4.78, 5) is 20.6. The van der Waals surface area contributed by atoms with E-state index in [1.54, 1.807) is 6.92 Å². The summed E-state index contributed by atoms with van der Waals surface area (Å²) in [7, 11) is 1.25. The number of hydrogen-bond acceptors (Lipinski definition) is 6. The Morgan fingerprint density at radius 3 is 2.59 bits per heavy atom. The summed E-state index contributed by atoms with van der Waals surface area (Å²) in [5, 5.41) is 8.86. The molecule has 4 aromatic rings. The van der Waals surface area contributed by atoms with Gasteiger partial charge in [0.2, 0.25) is 5.82 Å². The molecule has 29 heavy (non-hydrogen) atoms. The number of thioether (sulfide) groups is 1. The number of rotatable bonds is 4. The molecule has 0 aliphatic carbocycles. The highest BCUT2D eigenvalue weighted by Gasteiger charge is 2.37. The zero-order chi connectivity index (χ0) is 20.8. The van der Waals surface area contributed by atoms with Crippen molar-refractivity contribution in [1.82, 2.24) is 24.7 Å². The van der Waals surface area contributed by atoms with Crippen LogP contribution in [0.15, 0.2) is 45.7 Å². The number of H-pyrrole nitrogens is 1. The van der Waals surface area contributed by atoms with E-state index in [4.69, 9.17) is 0 Å². The molecule has 1 aromatic carbocycles. The molecule has 1 N–H and O–H groups in total. The Morgan fingerprint density at radius 2 is 1.93 bits per heavy atom. The summed E-state index contributed by atoms with van der Waals surface area (Å²) in [6.07, 6.45) is -4.58. The Bertz CT molecular complexity index is 1230. The van der Waals surface area contributed by atoms with Crippen LogP contribution in [0.25, 0.3) is 21.3 Å². The average molecular weight is 437 g/mol. The zero-order valence-corrected chi connectivity index (χ0v) is 16.8. The van der Waals surface area contributed by atoms with Crippen LogP contribution in [0.5, 0.6) is 0 Å². The molecule has 11 heteroatoms. The van der Waals surface area contributed by atoms with Crippen LogP contribution in [0.1, 0.15) is 23.8 Å². The molecule has 6 nitrogen and oxygen atoms in total. The molecule has 150 valence electrons. The fourth-order valence-electron chi connectivity index (χ4n) is 2.87. The molecule has 0 aliphatic rings. The Labute approximate surface area is 170 Å². The first-order valence-corrected chi connectivity index (χ1v) is 10.2. The number of halogens is 3. The summed E-state index contributed by atoms with van der Waals surface area (Å²) in [5.41, 5.74) is 1.43. The summed E-state index contributed by atoms with van der Waals surface area (Å²) in [6, 6.07) is 9.51. The van der Waals surface area contributed by atoms with Gasteiger partial charge in [0.15, 0.2) is 5.16 Å². The second-order valence-corrected chi connectivity index (χ2v) is 8.44. The molecule has 1 atom stereocenters. The Hall–Kier alpha value is -2.66. The quantitative estimate of drug-likeness (QED) is 0.470. The monoisotopic (exact) mass is 437 g/mol. The minimum Gasteiger partial charge on any atom is -0.309 e. The van der Waals surface area contributed by atoms with Crippen LogP contribution in [0.2, 0.25) is 0 Å². The molecule has 3 heterocycles. The molecule has 0 amide bonds. The van der Waals surface area contributed by atoms with Gasteiger partial charge in [-0.25, -0.2) is 4.98 Å². The van der Waals surface area contributed by atoms with Gasteiger partial charge >= 0.3 is 6.18 Å². The molecule has 0 saturated heterocycles. The number of hydrogen-bond donors (Lipinski definition) is 1. The summed E-state index contributed by atoms with van der Waals surface area (Å²) in [5.74, 6) is -0.708. The van der Waals surface area contributed by atoms with E-state index in [1.807, 2.05) is 35.7 Å². The number of fused-ring (bicyclic) bond motifs is 1. The fraction of sp³-hybridized carbons (Fsp3) is 0.222. The van der Waals surface area contributed by atoms with Gasteiger partial charge in [-0.2, -0.15) is 13.2 Å². The Morgan fingerprint density at radius 1 is 1.21 bits per heavy atom. The lowest BCUT2D eigenvalue weighted by Gasteiger charge is -2.11. The maximum Gasteiger partial charge on any atom is 0.451 e. The van der Waals surface area contributed by atoms with Gasteiger partial charge in [0.25, 0.3) is 5.56 Å². The highest BCUT2D eigenvalue weighted by atomic mass is 32.2. The van der Waals surface area contributed by atoms with Gasteiger partial charge in [-0.1, -0.05) is 42.1 Å². The van der Waals surface area contributed by atoms with Crippen molar-refractivity contribution in [3.63, 3.8) is 0 Å². The van der Waals surface area contributed by atoms with Crippen LogP contribution in [0, 0.1) is 0 Å². The lowest BCUT2D eigenvalue weighted by atomic mass is 10.1. The lowest BCUT2D eigenvalue weighted by molar-refractivity contribution is -0.147. The molecular weight excluding hydrogens is 423 g/mol. The van der Waals surface area contributed by atoms with Gasteiger partial charge in [-0.15, -0.1) is 21.5 Å². The van der Waals surface area contributed by atoms with Gasteiger partial charge in [0, 0.05) is 18.0 Å². The average Bonchev–Trinajstić information content (AvgIpc) is 3.26. The summed E-state index contributed by atoms with van der Waals surface area (Å²) >= 11 is 2.39. The number of thiophene rings is 1. The number of nitrogens with zero attached hydrogens (tertiary/aromatic N) is 4. The predicted octanol–water partition coefficient (Wildman–Crippen LogP) is 4.65. The Balaban J connectivity index is 1.67. The minimum atomic E-state index is -4.58. The van der Waals surface area contributed by atoms with E-state index in [0.717, 1.165) is 27.5 Å². The van der Waals surface area contributed by atoms with Crippen molar-refractivity contribution in [1.29, 1.82) is 0 Å². The SMILES string of the molecule is C[C@H](Sc1nnc(C(F)(F)F)n1C)c1nc2scc(-c3ccccc3)c2c(=O)[nH]1. The highest BCUT2D eigenvalue weighted by molar-refractivity contribution is 7.99. The second kappa shape index (κ2) is 7.30. The maximum absolute atomic E-state index is 12.9. The van der Waals surface area contributed by atoms with E-state index in [2.05, 4.69) is 20.2 Å². The minimum absolute atomic E-state index is 0.0868. The predicted molar refractivity (Wildman–Crippen MR) is 106 cm³/mol. The van der Waals surface area contributed by atoms with E-state index in [-0.39, 0.29) is 10.7 Å². The van der Waals surface area contributed by atoms with Crippen LogP contribution in [-0.4, -0.2) is 24.7 Å². The normalized spacial score (nSPS) is 13.1. The number of nitrogens with one attached hydrogen (secondary N) is 1. The largest absolute Gasteiger partial charge is 0.451 e. The highest BCUT2D eigenvalue weighted by Crippen LogP contribution is 2.36. The van der Waals surface area contributed by atoms with Gasteiger partial charge in [0.05, 0.1) is 10.6 Å². The maximum atomic E-state index is 12.9. The number of alkyl halides is 3. The van der Waals surface area contributed by atoms with Crippen LogP contribution >= 0.6 is 23.1 Å². The third-order valence-corrected chi connectivity index (χ3v) is 6.32. The summed E-state index contributed by atoms with van der Waals surface area (Å²) in [6.45, 7) is 1.74. The first kappa shape index (κ1) is 19.6. The molecule has 3 aromatic heterocycles. The number of aromatic amines is 1. The molecule has 0 bridgehead atoms. The van der Waals surface area contributed by atoms with Crippen LogP contribution in [0.4, 0.5) is 13.2 Å². The molecule has 0 spiro atoms. The van der Waals surface area contributed by atoms with Gasteiger partial charge in [-0.3, -0.25) is 4.79 Å².